The number of rotatable bonds is 8. The minimum Gasteiger partial charge on any atom is -0.456 e. The zero-order chi connectivity index (χ0) is 37.6. The molecule has 0 saturated heterocycles. The molecule has 0 amide bonds. The van der Waals surface area contributed by atoms with E-state index in [2.05, 4.69) is 198 Å². The van der Waals surface area contributed by atoms with E-state index in [1.165, 1.54) is 38.1 Å². The number of anilines is 3. The van der Waals surface area contributed by atoms with Crippen molar-refractivity contribution in [3.63, 3.8) is 0 Å². The topological polar surface area (TPSA) is 21.3 Å². The zero-order valence-electron chi connectivity index (χ0n) is 31.1. The summed E-state index contributed by atoms with van der Waals surface area (Å²) in [6.45, 7) is 6.15. The van der Waals surface area contributed by atoms with Crippen molar-refractivity contribution in [2.24, 2.45) is 0 Å². The highest BCUT2D eigenvalue weighted by atomic mass is 16.3. The lowest BCUT2D eigenvalue weighted by atomic mass is 9.94. The van der Waals surface area contributed by atoms with E-state index in [4.69, 9.17) is 4.42 Å². The van der Waals surface area contributed by atoms with Gasteiger partial charge in [0.15, 0.2) is 0 Å². The molecule has 0 saturated carbocycles. The van der Waals surface area contributed by atoms with Crippen LogP contribution >= 0.6 is 0 Å². The summed E-state index contributed by atoms with van der Waals surface area (Å²) >= 11 is 0. The highest BCUT2D eigenvalue weighted by Gasteiger charge is 2.21. The maximum absolute atomic E-state index is 6.28. The second-order valence-corrected chi connectivity index (χ2v) is 14.1. The summed E-state index contributed by atoms with van der Waals surface area (Å²) in [5, 5.41) is 6.03. The van der Waals surface area contributed by atoms with Gasteiger partial charge in [0.25, 0.3) is 0 Å². The Hall–Kier alpha value is -7.36. The Morgan fingerprint density at radius 3 is 1.95 bits per heavy atom. The summed E-state index contributed by atoms with van der Waals surface area (Å²) in [5.74, 6) is 0.811. The molecule has 10 rings (SSSR count). The van der Waals surface area contributed by atoms with Gasteiger partial charge >= 0.3 is 0 Å². The number of furan rings is 1. The number of hydrogen-bond acceptors (Lipinski definition) is 2. The van der Waals surface area contributed by atoms with Gasteiger partial charge in [-0.3, -0.25) is 0 Å². The average Bonchev–Trinajstić information content (AvgIpc) is 3.79. The smallest absolute Gasteiger partial charge is 0.135 e. The van der Waals surface area contributed by atoms with Gasteiger partial charge in [-0.25, -0.2) is 0 Å². The molecule has 56 heavy (non-hydrogen) atoms. The van der Waals surface area contributed by atoms with E-state index < -0.39 is 0 Å². The van der Waals surface area contributed by atoms with Crippen molar-refractivity contribution in [2.45, 2.75) is 6.92 Å². The summed E-state index contributed by atoms with van der Waals surface area (Å²) in [5.41, 5.74) is 13.2. The van der Waals surface area contributed by atoms with E-state index in [-0.39, 0.29) is 0 Å². The van der Waals surface area contributed by atoms with E-state index in [0.717, 1.165) is 61.7 Å². The van der Waals surface area contributed by atoms with Gasteiger partial charge in [0, 0.05) is 44.3 Å². The molecular weight excluding hydrogens is 681 g/mol. The van der Waals surface area contributed by atoms with E-state index in [0.29, 0.717) is 0 Å². The maximum atomic E-state index is 6.28. The number of benzene rings is 8. The molecule has 0 spiro atoms. The van der Waals surface area contributed by atoms with Crippen molar-refractivity contribution in [1.29, 1.82) is 0 Å². The molecule has 0 N–H and O–H groups in total. The van der Waals surface area contributed by atoms with Gasteiger partial charge in [-0.2, -0.15) is 0 Å². The van der Waals surface area contributed by atoms with Crippen LogP contribution in [0, 0.1) is 0 Å². The van der Waals surface area contributed by atoms with E-state index in [1.807, 2.05) is 25.2 Å². The number of nitrogens with zero attached hydrogens (tertiary/aromatic N) is 2. The normalized spacial score (nSPS) is 11.7. The first-order valence-electron chi connectivity index (χ1n) is 19.1. The van der Waals surface area contributed by atoms with E-state index in [1.54, 1.807) is 0 Å². The predicted octanol–water partition coefficient (Wildman–Crippen LogP) is 15.2. The standard InChI is InChI=1S/C53H38N2O/c1-3-17-51-41(4-2)47-34-40(32-33-52(47)56-51)54(48-26-15-13-22-42(48)36-18-7-5-8-19-36)39-30-28-37(29-31-39)46-35-50-53(44-24-12-11-23-43(44)46)45-25-14-16-27-49(45)55(50)38-20-9-6-10-21-38/h3-35H,2H2,1H3/b17-3-. The number of fused-ring (bicyclic) bond motifs is 6. The fraction of sp³-hybridized carbons (Fsp3) is 0.0189. The van der Waals surface area contributed by atoms with Crippen LogP contribution in [0.2, 0.25) is 0 Å². The Kier molecular flexibility index (Phi) is 8.19. The van der Waals surface area contributed by atoms with Crippen LogP contribution in [0.3, 0.4) is 0 Å². The minimum atomic E-state index is 0.811. The molecule has 0 radical (unpaired) electrons. The van der Waals surface area contributed by atoms with Crippen molar-refractivity contribution in [1.82, 2.24) is 4.57 Å². The quantitative estimate of drug-likeness (QED) is 0.156. The van der Waals surface area contributed by atoms with Crippen LogP contribution < -0.4 is 4.90 Å². The van der Waals surface area contributed by atoms with Crippen molar-refractivity contribution in [2.75, 3.05) is 4.90 Å². The maximum Gasteiger partial charge on any atom is 0.135 e. The lowest BCUT2D eigenvalue weighted by Crippen LogP contribution is -2.11. The fourth-order valence-corrected chi connectivity index (χ4v) is 8.42. The summed E-state index contributed by atoms with van der Waals surface area (Å²) < 4.78 is 8.68. The number of allylic oxidation sites excluding steroid dienone is 1. The van der Waals surface area contributed by atoms with Crippen molar-refractivity contribution < 1.29 is 4.42 Å². The number of aromatic nitrogens is 1. The van der Waals surface area contributed by atoms with Crippen molar-refractivity contribution in [3.8, 4) is 27.9 Å². The molecule has 3 heteroatoms. The van der Waals surface area contributed by atoms with Crippen LogP contribution in [0.5, 0.6) is 0 Å². The number of hydrogen-bond donors (Lipinski definition) is 0. The molecule has 0 aliphatic rings. The van der Waals surface area contributed by atoms with Crippen LogP contribution in [0.4, 0.5) is 17.1 Å². The molecule has 2 aromatic heterocycles. The van der Waals surface area contributed by atoms with E-state index in [9.17, 15) is 0 Å². The summed E-state index contributed by atoms with van der Waals surface area (Å²) in [6, 6.07) is 65.4. The van der Waals surface area contributed by atoms with Gasteiger partial charge < -0.3 is 13.9 Å². The van der Waals surface area contributed by atoms with Crippen LogP contribution in [-0.4, -0.2) is 4.57 Å². The van der Waals surface area contributed by atoms with Gasteiger partial charge in [0.05, 0.1) is 16.7 Å². The van der Waals surface area contributed by atoms with Crippen LogP contribution in [0.25, 0.3) is 83.6 Å². The van der Waals surface area contributed by atoms with Gasteiger partial charge in [0.2, 0.25) is 0 Å². The molecule has 0 aliphatic carbocycles. The Balaban J connectivity index is 1.18. The summed E-state index contributed by atoms with van der Waals surface area (Å²) in [7, 11) is 0. The van der Waals surface area contributed by atoms with Crippen LogP contribution in [0.15, 0.2) is 199 Å². The van der Waals surface area contributed by atoms with Crippen LogP contribution in [-0.2, 0) is 0 Å². The lowest BCUT2D eigenvalue weighted by molar-refractivity contribution is 0.603. The Morgan fingerprint density at radius 1 is 0.536 bits per heavy atom. The molecule has 0 atom stereocenters. The highest BCUT2D eigenvalue weighted by molar-refractivity contribution is 6.24. The fourth-order valence-electron chi connectivity index (χ4n) is 8.42. The first-order valence-corrected chi connectivity index (χ1v) is 19.1. The Labute approximate surface area is 326 Å². The van der Waals surface area contributed by atoms with Crippen LogP contribution in [0.1, 0.15) is 18.2 Å². The predicted molar refractivity (Wildman–Crippen MR) is 238 cm³/mol. The SMILES string of the molecule is C=Cc1c(/C=C\C)oc2ccc(N(c3ccc(-c4cc5c(c6ccccc46)c4ccccc4n5-c4ccccc4)cc3)c3ccccc3-c3ccccc3)cc12. The third-order valence-corrected chi connectivity index (χ3v) is 10.9. The Bertz CT molecular complexity index is 3090. The highest BCUT2D eigenvalue weighted by Crippen LogP contribution is 2.45. The molecular formula is C53H38N2O. The van der Waals surface area contributed by atoms with Crippen molar-refractivity contribution in [3.05, 3.63) is 206 Å². The molecule has 0 bridgehead atoms. The molecule has 0 fully saturated rings. The number of para-hydroxylation sites is 3. The molecule has 2 heterocycles. The van der Waals surface area contributed by atoms with Gasteiger partial charge in [-0.1, -0.05) is 140 Å². The molecule has 3 nitrogen and oxygen atoms in total. The molecule has 0 unspecified atom stereocenters. The lowest BCUT2D eigenvalue weighted by Gasteiger charge is -2.28. The zero-order valence-corrected chi connectivity index (χ0v) is 31.1. The minimum absolute atomic E-state index is 0.811. The molecule has 0 aliphatic heterocycles. The molecule has 8 aromatic carbocycles. The Morgan fingerprint density at radius 2 is 1.18 bits per heavy atom. The first kappa shape index (κ1) is 33.2. The third-order valence-electron chi connectivity index (χ3n) is 10.9. The molecule has 10 aromatic rings. The van der Waals surface area contributed by atoms with Crippen molar-refractivity contribution >= 4 is 72.8 Å². The van der Waals surface area contributed by atoms with Gasteiger partial charge in [-0.05, 0) is 101 Å². The monoisotopic (exact) mass is 718 g/mol. The summed E-state index contributed by atoms with van der Waals surface area (Å²) in [4.78, 5) is 2.36. The molecule has 266 valence electrons. The van der Waals surface area contributed by atoms with Gasteiger partial charge in [-0.15, -0.1) is 0 Å². The largest absolute Gasteiger partial charge is 0.456 e. The third kappa shape index (κ3) is 5.44. The second kappa shape index (κ2) is 13.8. The van der Waals surface area contributed by atoms with E-state index >= 15 is 0 Å². The van der Waals surface area contributed by atoms with Gasteiger partial charge in [0.1, 0.15) is 11.3 Å². The summed E-state index contributed by atoms with van der Waals surface area (Å²) in [6.07, 6.45) is 5.89. The second-order valence-electron chi connectivity index (χ2n) is 14.1. The first-order chi connectivity index (χ1) is 27.7. The average molecular weight is 719 g/mol.